The number of benzene rings is 1. The highest BCUT2D eigenvalue weighted by atomic mass is 79.9. The number of ether oxygens (including phenoxy) is 1. The number of hydrogen-bond donors (Lipinski definition) is 1. The van der Waals surface area contributed by atoms with Gasteiger partial charge in [-0.1, -0.05) is 0 Å². The summed E-state index contributed by atoms with van der Waals surface area (Å²) in [6.45, 7) is 2.05. The second-order valence-corrected chi connectivity index (χ2v) is 5.18. The minimum atomic E-state index is -4.33. The van der Waals surface area contributed by atoms with Crippen LogP contribution in [-0.4, -0.2) is 32.3 Å². The van der Waals surface area contributed by atoms with Gasteiger partial charge in [0, 0.05) is 17.6 Å². The normalized spacial score (nSPS) is 20.7. The Morgan fingerprint density at radius 2 is 2.16 bits per heavy atom. The van der Waals surface area contributed by atoms with Crippen LogP contribution in [0.4, 0.5) is 18.9 Å². The number of alkyl halides is 3. The number of anilines is 1. The van der Waals surface area contributed by atoms with E-state index >= 15 is 0 Å². The monoisotopic (exact) mass is 338 g/mol. The Hall–Kier alpha value is -0.790. The van der Waals surface area contributed by atoms with Crippen LogP contribution in [0.15, 0.2) is 22.7 Å². The molecule has 1 atom stereocenters. The standard InChI is InChI=1S/C12H14BrF3N2O/c13-10-5-8(12(14,15)16)1-2-11(10)18-3-4-19-7-9(18)6-17/h1-2,5,9H,3-4,6-7,17H2. The third kappa shape index (κ3) is 3.21. The first-order valence-electron chi connectivity index (χ1n) is 5.84. The van der Waals surface area contributed by atoms with Crippen LogP contribution in [0.25, 0.3) is 0 Å². The largest absolute Gasteiger partial charge is 0.416 e. The fraction of sp³-hybridized carbons (Fsp3) is 0.500. The lowest BCUT2D eigenvalue weighted by molar-refractivity contribution is -0.137. The van der Waals surface area contributed by atoms with Gasteiger partial charge in [-0.3, -0.25) is 0 Å². The number of nitrogens with zero attached hydrogens (tertiary/aromatic N) is 1. The molecule has 0 aromatic heterocycles. The van der Waals surface area contributed by atoms with Crippen LogP contribution in [0.3, 0.4) is 0 Å². The number of hydrogen-bond acceptors (Lipinski definition) is 3. The van der Waals surface area contributed by atoms with E-state index in [4.69, 9.17) is 10.5 Å². The number of halogens is 4. The van der Waals surface area contributed by atoms with Gasteiger partial charge >= 0.3 is 6.18 Å². The third-order valence-electron chi connectivity index (χ3n) is 3.08. The SMILES string of the molecule is NCC1COCCN1c1ccc(C(F)(F)F)cc1Br. The predicted octanol–water partition coefficient (Wildman–Crippen LogP) is 2.63. The van der Waals surface area contributed by atoms with E-state index in [9.17, 15) is 13.2 Å². The van der Waals surface area contributed by atoms with Crippen LogP contribution in [0.2, 0.25) is 0 Å². The van der Waals surface area contributed by atoms with Crippen molar-refractivity contribution in [3.8, 4) is 0 Å². The van der Waals surface area contributed by atoms with Crippen LogP contribution in [-0.2, 0) is 10.9 Å². The predicted molar refractivity (Wildman–Crippen MR) is 70.2 cm³/mol. The van der Waals surface area contributed by atoms with E-state index in [2.05, 4.69) is 15.9 Å². The second-order valence-electron chi connectivity index (χ2n) is 4.32. The first kappa shape index (κ1) is 14.6. The van der Waals surface area contributed by atoms with Crippen LogP contribution in [0.1, 0.15) is 5.56 Å². The Labute approximate surface area is 117 Å². The first-order valence-corrected chi connectivity index (χ1v) is 6.64. The molecule has 0 saturated carbocycles. The summed E-state index contributed by atoms with van der Waals surface area (Å²) in [5.41, 5.74) is 5.71. The molecule has 2 rings (SSSR count). The lowest BCUT2D eigenvalue weighted by Gasteiger charge is -2.37. The highest BCUT2D eigenvalue weighted by Crippen LogP contribution is 2.36. The second kappa shape index (κ2) is 5.68. The number of nitrogens with two attached hydrogens (primary N) is 1. The van der Waals surface area contributed by atoms with E-state index in [1.54, 1.807) is 0 Å². The molecule has 106 valence electrons. The van der Waals surface area contributed by atoms with Gasteiger partial charge in [-0.15, -0.1) is 0 Å². The van der Waals surface area contributed by atoms with Crippen LogP contribution in [0.5, 0.6) is 0 Å². The molecule has 0 spiro atoms. The topological polar surface area (TPSA) is 38.5 Å². The molecule has 0 aliphatic carbocycles. The van der Waals surface area contributed by atoms with Gasteiger partial charge in [0.2, 0.25) is 0 Å². The van der Waals surface area contributed by atoms with Crippen molar-refractivity contribution in [1.29, 1.82) is 0 Å². The van der Waals surface area contributed by atoms with E-state index in [0.29, 0.717) is 36.5 Å². The highest BCUT2D eigenvalue weighted by Gasteiger charge is 2.32. The summed E-state index contributed by atoms with van der Waals surface area (Å²) in [7, 11) is 0. The van der Waals surface area contributed by atoms with Gasteiger partial charge in [-0.05, 0) is 34.1 Å². The molecule has 1 heterocycles. The zero-order valence-corrected chi connectivity index (χ0v) is 11.7. The molecule has 1 fully saturated rings. The van der Waals surface area contributed by atoms with E-state index in [1.807, 2.05) is 4.90 Å². The van der Waals surface area contributed by atoms with Crippen molar-refractivity contribution in [2.75, 3.05) is 31.2 Å². The van der Waals surface area contributed by atoms with Gasteiger partial charge in [-0.2, -0.15) is 13.2 Å². The molecule has 19 heavy (non-hydrogen) atoms. The van der Waals surface area contributed by atoms with Gasteiger partial charge < -0.3 is 15.4 Å². The van der Waals surface area contributed by atoms with E-state index < -0.39 is 11.7 Å². The Bertz CT molecular complexity index is 453. The van der Waals surface area contributed by atoms with Crippen LogP contribution in [0, 0.1) is 0 Å². The molecule has 1 aliphatic heterocycles. The maximum atomic E-state index is 12.6. The summed E-state index contributed by atoms with van der Waals surface area (Å²) in [6.07, 6.45) is -4.33. The van der Waals surface area contributed by atoms with Gasteiger partial charge in [0.25, 0.3) is 0 Å². The molecule has 3 nitrogen and oxygen atoms in total. The smallest absolute Gasteiger partial charge is 0.377 e. The van der Waals surface area contributed by atoms with E-state index in [-0.39, 0.29) is 6.04 Å². The maximum absolute atomic E-state index is 12.6. The fourth-order valence-electron chi connectivity index (χ4n) is 2.08. The molecule has 1 aliphatic rings. The molecule has 0 radical (unpaired) electrons. The summed E-state index contributed by atoms with van der Waals surface area (Å²) in [6, 6.07) is 3.64. The first-order chi connectivity index (χ1) is 8.93. The maximum Gasteiger partial charge on any atom is 0.416 e. The molecule has 0 amide bonds. The molecule has 1 aromatic carbocycles. The van der Waals surface area contributed by atoms with Crippen molar-refractivity contribution < 1.29 is 17.9 Å². The van der Waals surface area contributed by atoms with Crippen LogP contribution < -0.4 is 10.6 Å². The average molecular weight is 339 g/mol. The van der Waals surface area contributed by atoms with Crippen molar-refractivity contribution >= 4 is 21.6 Å². The fourth-order valence-corrected chi connectivity index (χ4v) is 2.69. The molecule has 1 aromatic rings. The lowest BCUT2D eigenvalue weighted by Crippen LogP contribution is -2.49. The molecular weight excluding hydrogens is 325 g/mol. The molecule has 1 unspecified atom stereocenters. The quantitative estimate of drug-likeness (QED) is 0.900. The highest BCUT2D eigenvalue weighted by molar-refractivity contribution is 9.10. The van der Waals surface area contributed by atoms with Crippen molar-refractivity contribution in [3.63, 3.8) is 0 Å². The molecule has 1 saturated heterocycles. The van der Waals surface area contributed by atoms with Gasteiger partial charge in [-0.25, -0.2) is 0 Å². The third-order valence-corrected chi connectivity index (χ3v) is 3.72. The summed E-state index contributed by atoms with van der Waals surface area (Å²) in [4.78, 5) is 1.98. The summed E-state index contributed by atoms with van der Waals surface area (Å²) < 4.78 is 43.6. The van der Waals surface area contributed by atoms with Crippen molar-refractivity contribution in [2.45, 2.75) is 12.2 Å². The molecule has 7 heteroatoms. The van der Waals surface area contributed by atoms with Gasteiger partial charge in [0.05, 0.1) is 30.5 Å². The van der Waals surface area contributed by atoms with Crippen molar-refractivity contribution in [1.82, 2.24) is 0 Å². The van der Waals surface area contributed by atoms with E-state index in [0.717, 1.165) is 12.1 Å². The Morgan fingerprint density at radius 1 is 1.42 bits per heavy atom. The van der Waals surface area contributed by atoms with E-state index in [1.165, 1.54) is 6.07 Å². The van der Waals surface area contributed by atoms with Crippen molar-refractivity contribution in [2.24, 2.45) is 5.73 Å². The van der Waals surface area contributed by atoms with Crippen molar-refractivity contribution in [3.05, 3.63) is 28.2 Å². The lowest BCUT2D eigenvalue weighted by atomic mass is 10.1. The number of morpholine rings is 1. The minimum Gasteiger partial charge on any atom is -0.377 e. The summed E-state index contributed by atoms with van der Waals surface area (Å²) in [5.74, 6) is 0. The van der Waals surface area contributed by atoms with Crippen LogP contribution >= 0.6 is 15.9 Å². The Balaban J connectivity index is 2.30. The minimum absolute atomic E-state index is 0.0122. The van der Waals surface area contributed by atoms with Gasteiger partial charge in [0.1, 0.15) is 0 Å². The summed E-state index contributed by atoms with van der Waals surface area (Å²) >= 11 is 3.21. The molecule has 0 bridgehead atoms. The Morgan fingerprint density at radius 3 is 2.74 bits per heavy atom. The zero-order chi connectivity index (χ0) is 14.0. The zero-order valence-electron chi connectivity index (χ0n) is 10.1. The average Bonchev–Trinajstić information content (AvgIpc) is 2.37. The number of rotatable bonds is 2. The van der Waals surface area contributed by atoms with Gasteiger partial charge in [0.15, 0.2) is 0 Å². The summed E-state index contributed by atoms with van der Waals surface area (Å²) in [5, 5.41) is 0. The molecular formula is C12H14BrF3N2O. The Kier molecular flexibility index (Phi) is 4.37. The molecule has 2 N–H and O–H groups in total.